The van der Waals surface area contributed by atoms with E-state index in [-0.39, 0.29) is 12.3 Å². The van der Waals surface area contributed by atoms with Crippen LogP contribution in [0.1, 0.15) is 33.2 Å². The fourth-order valence-electron chi connectivity index (χ4n) is 3.33. The molecule has 3 amide bonds. The molecule has 1 aromatic carbocycles. The number of rotatable bonds is 3. The highest BCUT2D eigenvalue weighted by atomic mass is 16.4. The van der Waals surface area contributed by atoms with Crippen LogP contribution < -0.4 is 10.2 Å². The molecule has 2 aromatic rings. The topological polar surface area (TPSA) is 91.6 Å². The number of benzene rings is 1. The molecule has 1 aromatic heterocycles. The molecule has 1 aliphatic rings. The molecule has 132 valence electrons. The third kappa shape index (κ3) is 2.97. The number of hydrogen-bond donors (Lipinski definition) is 2. The summed E-state index contributed by atoms with van der Waals surface area (Å²) < 4.78 is 1.73. The number of carbonyl (C=O) groups excluding carboxylic acids is 2. The summed E-state index contributed by atoms with van der Waals surface area (Å²) >= 11 is 0. The standard InChI is InChI=1S/C18H21N3O4/c1-18(2,3)15(16(23)24)20-9-7-11-12(20)5-4-6-13(11)21-10-8-14(22)19-17(21)25/h4-7,9,15H,8,10H2,1-3H3,(H,23,24)(H,19,22,25). The molecule has 1 aliphatic heterocycles. The molecule has 0 radical (unpaired) electrons. The van der Waals surface area contributed by atoms with Crippen molar-refractivity contribution in [2.75, 3.05) is 11.4 Å². The summed E-state index contributed by atoms with van der Waals surface area (Å²) in [6.07, 6.45) is 1.98. The molecule has 7 nitrogen and oxygen atoms in total. The van der Waals surface area contributed by atoms with Gasteiger partial charge in [0.2, 0.25) is 5.91 Å². The van der Waals surface area contributed by atoms with Crippen molar-refractivity contribution >= 4 is 34.5 Å². The second kappa shape index (κ2) is 5.91. The lowest BCUT2D eigenvalue weighted by molar-refractivity contribution is -0.144. The van der Waals surface area contributed by atoms with Crippen LogP contribution in [0.5, 0.6) is 0 Å². The molecule has 3 rings (SSSR count). The smallest absolute Gasteiger partial charge is 0.328 e. The quantitative estimate of drug-likeness (QED) is 0.896. The molecule has 1 atom stereocenters. The molecule has 2 N–H and O–H groups in total. The predicted molar refractivity (Wildman–Crippen MR) is 93.6 cm³/mol. The van der Waals surface area contributed by atoms with Gasteiger partial charge in [0.1, 0.15) is 6.04 Å². The van der Waals surface area contributed by atoms with Crippen molar-refractivity contribution in [2.24, 2.45) is 5.41 Å². The van der Waals surface area contributed by atoms with Gasteiger partial charge in [-0.05, 0) is 23.6 Å². The van der Waals surface area contributed by atoms with Gasteiger partial charge in [-0.3, -0.25) is 15.0 Å². The number of hydrogen-bond acceptors (Lipinski definition) is 3. The third-order valence-electron chi connectivity index (χ3n) is 4.42. The summed E-state index contributed by atoms with van der Waals surface area (Å²) in [5.74, 6) is -1.19. The minimum absolute atomic E-state index is 0.239. The van der Waals surface area contributed by atoms with Gasteiger partial charge in [0.15, 0.2) is 0 Å². The van der Waals surface area contributed by atoms with E-state index in [1.807, 2.05) is 32.9 Å². The van der Waals surface area contributed by atoms with Crippen LogP contribution in [0.15, 0.2) is 30.5 Å². The van der Waals surface area contributed by atoms with E-state index in [1.165, 1.54) is 4.90 Å². The minimum Gasteiger partial charge on any atom is -0.480 e. The maximum atomic E-state index is 12.2. The summed E-state index contributed by atoms with van der Waals surface area (Å²) in [6, 6.07) is 6.05. The fraction of sp³-hybridized carbons (Fsp3) is 0.389. The second-order valence-electron chi connectivity index (χ2n) is 7.29. The van der Waals surface area contributed by atoms with Gasteiger partial charge in [-0.25, -0.2) is 9.59 Å². The largest absolute Gasteiger partial charge is 0.480 e. The Hall–Kier alpha value is -2.83. The Morgan fingerprint density at radius 1 is 1.24 bits per heavy atom. The van der Waals surface area contributed by atoms with E-state index in [1.54, 1.807) is 22.9 Å². The zero-order valence-corrected chi connectivity index (χ0v) is 14.4. The summed E-state index contributed by atoms with van der Waals surface area (Å²) in [5, 5.41) is 12.8. The maximum Gasteiger partial charge on any atom is 0.328 e. The van der Waals surface area contributed by atoms with Crippen LogP contribution in [0.3, 0.4) is 0 Å². The molecule has 1 fully saturated rings. The van der Waals surface area contributed by atoms with Gasteiger partial charge in [0.05, 0.1) is 11.2 Å². The number of nitrogens with one attached hydrogen (secondary N) is 1. The molecule has 0 aliphatic carbocycles. The van der Waals surface area contributed by atoms with Gasteiger partial charge >= 0.3 is 12.0 Å². The number of aliphatic carboxylic acids is 1. The highest BCUT2D eigenvalue weighted by Crippen LogP contribution is 2.36. The second-order valence-corrected chi connectivity index (χ2v) is 7.29. The Bertz CT molecular complexity index is 863. The Balaban J connectivity index is 2.11. The molecule has 1 saturated heterocycles. The summed E-state index contributed by atoms with van der Waals surface area (Å²) in [6.45, 7) is 5.94. The zero-order chi connectivity index (χ0) is 18.4. The van der Waals surface area contributed by atoms with Gasteiger partial charge in [-0.15, -0.1) is 0 Å². The van der Waals surface area contributed by atoms with E-state index >= 15 is 0 Å². The maximum absolute atomic E-state index is 12.2. The number of amides is 3. The van der Waals surface area contributed by atoms with E-state index in [9.17, 15) is 19.5 Å². The fourth-order valence-corrected chi connectivity index (χ4v) is 3.33. The minimum atomic E-state index is -0.906. The van der Waals surface area contributed by atoms with E-state index in [0.717, 1.165) is 10.9 Å². The lowest BCUT2D eigenvalue weighted by Crippen LogP contribution is -2.49. The van der Waals surface area contributed by atoms with Crippen LogP contribution in [0.4, 0.5) is 10.5 Å². The highest BCUT2D eigenvalue weighted by molar-refractivity contribution is 6.09. The van der Waals surface area contributed by atoms with Crippen LogP contribution in [-0.2, 0) is 9.59 Å². The first kappa shape index (κ1) is 17.0. The van der Waals surface area contributed by atoms with Crippen LogP contribution in [0.2, 0.25) is 0 Å². The normalized spacial score (nSPS) is 16.8. The molecular formula is C18H21N3O4. The van der Waals surface area contributed by atoms with Crippen LogP contribution in [-0.4, -0.2) is 34.1 Å². The third-order valence-corrected chi connectivity index (χ3v) is 4.42. The SMILES string of the molecule is CC(C)(C)C(C(=O)O)n1ccc2c(N3CCC(=O)NC3=O)cccc21. The van der Waals surface area contributed by atoms with Crippen molar-refractivity contribution < 1.29 is 19.5 Å². The molecule has 1 unspecified atom stereocenters. The lowest BCUT2D eigenvalue weighted by atomic mass is 9.86. The van der Waals surface area contributed by atoms with Crippen molar-refractivity contribution in [1.29, 1.82) is 0 Å². The Labute approximate surface area is 145 Å². The zero-order valence-electron chi connectivity index (χ0n) is 14.4. The lowest BCUT2D eigenvalue weighted by Gasteiger charge is -2.30. The number of fused-ring (bicyclic) bond motifs is 1. The number of urea groups is 1. The summed E-state index contributed by atoms with van der Waals surface area (Å²) in [5.41, 5.74) is 0.923. The van der Waals surface area contributed by atoms with Crippen molar-refractivity contribution in [3.63, 3.8) is 0 Å². The monoisotopic (exact) mass is 343 g/mol. The summed E-state index contributed by atoms with van der Waals surface area (Å²) in [7, 11) is 0. The highest BCUT2D eigenvalue weighted by Gasteiger charge is 2.34. The number of aromatic nitrogens is 1. The molecule has 2 heterocycles. The number of carboxylic acid groups (broad SMARTS) is 1. The molecular weight excluding hydrogens is 322 g/mol. The number of anilines is 1. The average molecular weight is 343 g/mol. The molecule has 0 saturated carbocycles. The first-order valence-electron chi connectivity index (χ1n) is 8.14. The first-order chi connectivity index (χ1) is 11.7. The van der Waals surface area contributed by atoms with Gasteiger partial charge < -0.3 is 9.67 Å². The van der Waals surface area contributed by atoms with Gasteiger partial charge in [-0.1, -0.05) is 26.8 Å². The van der Waals surface area contributed by atoms with Gasteiger partial charge in [-0.2, -0.15) is 0 Å². The van der Waals surface area contributed by atoms with E-state index < -0.39 is 23.5 Å². The molecule has 0 spiro atoms. The first-order valence-corrected chi connectivity index (χ1v) is 8.14. The summed E-state index contributed by atoms with van der Waals surface area (Å²) in [4.78, 5) is 36.9. The van der Waals surface area contributed by atoms with Crippen molar-refractivity contribution in [3.8, 4) is 0 Å². The van der Waals surface area contributed by atoms with Crippen LogP contribution in [0, 0.1) is 5.41 Å². The van der Waals surface area contributed by atoms with Crippen molar-refractivity contribution in [2.45, 2.75) is 33.2 Å². The Morgan fingerprint density at radius 3 is 2.56 bits per heavy atom. The number of imide groups is 1. The number of carbonyl (C=O) groups is 3. The molecule has 0 bridgehead atoms. The molecule has 7 heteroatoms. The van der Waals surface area contributed by atoms with Crippen LogP contribution >= 0.6 is 0 Å². The van der Waals surface area contributed by atoms with E-state index in [4.69, 9.17) is 0 Å². The Morgan fingerprint density at radius 2 is 1.96 bits per heavy atom. The number of carboxylic acids is 1. The Kier molecular flexibility index (Phi) is 4.02. The van der Waals surface area contributed by atoms with Crippen molar-refractivity contribution in [1.82, 2.24) is 9.88 Å². The van der Waals surface area contributed by atoms with Crippen LogP contribution in [0.25, 0.3) is 10.9 Å². The number of nitrogens with zero attached hydrogens (tertiary/aromatic N) is 2. The molecule has 25 heavy (non-hydrogen) atoms. The van der Waals surface area contributed by atoms with Crippen molar-refractivity contribution in [3.05, 3.63) is 30.5 Å². The average Bonchev–Trinajstić information content (AvgIpc) is 2.89. The van der Waals surface area contributed by atoms with E-state index in [2.05, 4.69) is 5.32 Å². The van der Waals surface area contributed by atoms with E-state index in [0.29, 0.717) is 12.2 Å². The predicted octanol–water partition coefficient (Wildman–Crippen LogP) is 2.76. The van der Waals surface area contributed by atoms with Gasteiger partial charge in [0, 0.05) is 24.5 Å². The van der Waals surface area contributed by atoms with Gasteiger partial charge in [0.25, 0.3) is 0 Å².